The van der Waals surface area contributed by atoms with Gasteiger partial charge in [-0.1, -0.05) is 12.1 Å². The van der Waals surface area contributed by atoms with Gasteiger partial charge in [0.1, 0.15) is 18.1 Å². The Labute approximate surface area is 214 Å². The van der Waals surface area contributed by atoms with E-state index in [1.165, 1.54) is 40.5 Å². The maximum atomic E-state index is 13.4. The fraction of sp³-hybridized carbons (Fsp3) is 0.0769. The molecule has 0 radical (unpaired) electrons. The van der Waals surface area contributed by atoms with E-state index < -0.39 is 17.6 Å². The second kappa shape index (κ2) is 10.1. The molecular formula is C26H20FN5O4S. The highest BCUT2D eigenvalue weighted by atomic mass is 32.1. The Morgan fingerprint density at radius 2 is 1.86 bits per heavy atom. The zero-order chi connectivity index (χ0) is 25.9. The third-order valence-electron chi connectivity index (χ3n) is 5.53. The lowest BCUT2D eigenvalue weighted by Gasteiger charge is -2.25. The predicted molar refractivity (Wildman–Crippen MR) is 139 cm³/mol. The van der Waals surface area contributed by atoms with Crippen LogP contribution >= 0.6 is 11.3 Å². The molecule has 5 rings (SSSR count). The second-order valence-electron chi connectivity index (χ2n) is 8.11. The molecule has 1 aromatic heterocycles. The second-order valence-corrected chi connectivity index (χ2v) is 9.00. The van der Waals surface area contributed by atoms with Crippen LogP contribution in [0.5, 0.6) is 5.75 Å². The number of nitrogens with zero attached hydrogens (tertiary/aromatic N) is 2. The highest BCUT2D eigenvalue weighted by Crippen LogP contribution is 2.32. The number of thiazole rings is 1. The van der Waals surface area contributed by atoms with Crippen molar-refractivity contribution in [1.29, 1.82) is 0 Å². The van der Waals surface area contributed by atoms with Gasteiger partial charge >= 0.3 is 0 Å². The molecule has 0 saturated carbocycles. The Bertz CT molecular complexity index is 1490. The summed E-state index contributed by atoms with van der Waals surface area (Å²) >= 11 is 1.34. The summed E-state index contributed by atoms with van der Waals surface area (Å²) in [5, 5.41) is 7.78. The van der Waals surface area contributed by atoms with Crippen LogP contribution in [-0.2, 0) is 9.59 Å². The van der Waals surface area contributed by atoms with Crippen molar-refractivity contribution < 1.29 is 23.5 Å². The van der Waals surface area contributed by atoms with Crippen molar-refractivity contribution >= 4 is 51.3 Å². The minimum absolute atomic E-state index is 0.110. The summed E-state index contributed by atoms with van der Waals surface area (Å²) in [5.74, 6) is -1.35. The molecule has 1 aliphatic rings. The van der Waals surface area contributed by atoms with Crippen molar-refractivity contribution in [2.24, 2.45) is 0 Å². The number of ether oxygens (including phenoxy) is 1. The molecule has 0 atom stereocenters. The normalized spacial score (nSPS) is 12.2. The third-order valence-corrected chi connectivity index (χ3v) is 6.21. The Balaban J connectivity index is 1.38. The molecule has 0 saturated heterocycles. The fourth-order valence-electron chi connectivity index (χ4n) is 3.76. The van der Waals surface area contributed by atoms with Gasteiger partial charge in [-0.3, -0.25) is 19.3 Å². The van der Waals surface area contributed by atoms with E-state index >= 15 is 0 Å². The first-order valence-corrected chi connectivity index (χ1v) is 12.0. The van der Waals surface area contributed by atoms with Crippen molar-refractivity contribution in [1.82, 2.24) is 4.98 Å². The quantitative estimate of drug-likeness (QED) is 0.353. The van der Waals surface area contributed by atoms with Crippen LogP contribution in [-0.4, -0.2) is 35.9 Å². The molecule has 11 heteroatoms. The van der Waals surface area contributed by atoms with Gasteiger partial charge in [-0.25, -0.2) is 9.37 Å². The first kappa shape index (κ1) is 23.9. The largest absolute Gasteiger partial charge is 0.482 e. The maximum Gasteiger partial charge on any atom is 0.262 e. The van der Waals surface area contributed by atoms with Gasteiger partial charge in [0.15, 0.2) is 11.7 Å². The Kier molecular flexibility index (Phi) is 6.52. The summed E-state index contributed by atoms with van der Waals surface area (Å²) in [6.45, 7) is -0.449. The zero-order valence-corrected chi connectivity index (χ0v) is 20.0. The molecule has 4 N–H and O–H groups in total. The van der Waals surface area contributed by atoms with Crippen LogP contribution in [0, 0.1) is 5.82 Å². The monoisotopic (exact) mass is 517 g/mol. The van der Waals surface area contributed by atoms with E-state index in [0.717, 1.165) is 11.3 Å². The SMILES string of the molecule is Nc1nc(-c2ccc(NC(=O)CN(C(=O)c3ccc(F)cc3)c3ccc4c(c3)NC(=O)CO4)cc2)cs1. The summed E-state index contributed by atoms with van der Waals surface area (Å²) in [4.78, 5) is 43.6. The number of nitrogens with one attached hydrogen (secondary N) is 2. The number of anilines is 4. The molecule has 0 aliphatic carbocycles. The summed E-state index contributed by atoms with van der Waals surface area (Å²) in [5.41, 5.74) is 8.73. The number of hydrogen-bond acceptors (Lipinski definition) is 7. The molecule has 0 spiro atoms. The van der Waals surface area contributed by atoms with Crippen LogP contribution in [0.4, 0.5) is 26.6 Å². The Morgan fingerprint density at radius 3 is 2.57 bits per heavy atom. The summed E-state index contributed by atoms with van der Waals surface area (Å²) in [6, 6.07) is 16.8. The van der Waals surface area contributed by atoms with Crippen molar-refractivity contribution in [3.8, 4) is 17.0 Å². The van der Waals surface area contributed by atoms with E-state index in [2.05, 4.69) is 15.6 Å². The number of fused-ring (bicyclic) bond motifs is 1. The van der Waals surface area contributed by atoms with Crippen LogP contribution in [0.25, 0.3) is 11.3 Å². The number of nitrogens with two attached hydrogens (primary N) is 1. The molecule has 0 unspecified atom stereocenters. The van der Waals surface area contributed by atoms with Gasteiger partial charge in [0.25, 0.3) is 11.8 Å². The summed E-state index contributed by atoms with van der Waals surface area (Å²) < 4.78 is 18.8. The number of benzene rings is 3. The van der Waals surface area contributed by atoms with Crippen LogP contribution < -0.4 is 26.0 Å². The first-order chi connectivity index (χ1) is 17.9. The van der Waals surface area contributed by atoms with Gasteiger partial charge in [0, 0.05) is 27.9 Å². The van der Waals surface area contributed by atoms with Gasteiger partial charge in [-0.15, -0.1) is 11.3 Å². The van der Waals surface area contributed by atoms with Gasteiger partial charge in [0.2, 0.25) is 5.91 Å². The molecule has 1 aliphatic heterocycles. The zero-order valence-electron chi connectivity index (χ0n) is 19.2. The van der Waals surface area contributed by atoms with Crippen molar-refractivity contribution in [3.05, 3.63) is 83.5 Å². The number of aromatic nitrogens is 1. The Hall–Kier alpha value is -4.77. The van der Waals surface area contributed by atoms with E-state index in [1.807, 2.05) is 5.38 Å². The summed E-state index contributed by atoms with van der Waals surface area (Å²) in [6.07, 6.45) is 0. The van der Waals surface area contributed by atoms with Crippen LogP contribution in [0.3, 0.4) is 0 Å². The number of hydrogen-bond donors (Lipinski definition) is 3. The van der Waals surface area contributed by atoms with E-state index in [1.54, 1.807) is 42.5 Å². The van der Waals surface area contributed by atoms with E-state index in [4.69, 9.17) is 10.5 Å². The predicted octanol–water partition coefficient (Wildman–Crippen LogP) is 4.15. The first-order valence-electron chi connectivity index (χ1n) is 11.1. The van der Waals surface area contributed by atoms with E-state index in [9.17, 15) is 18.8 Å². The number of amides is 3. The lowest BCUT2D eigenvalue weighted by Crippen LogP contribution is -2.38. The number of carbonyl (C=O) groups is 3. The molecule has 0 bridgehead atoms. The molecule has 9 nitrogen and oxygen atoms in total. The number of rotatable bonds is 6. The molecular weight excluding hydrogens is 497 g/mol. The smallest absolute Gasteiger partial charge is 0.262 e. The highest BCUT2D eigenvalue weighted by molar-refractivity contribution is 7.13. The van der Waals surface area contributed by atoms with Crippen LogP contribution in [0.1, 0.15) is 10.4 Å². The fourth-order valence-corrected chi connectivity index (χ4v) is 4.33. The number of nitrogen functional groups attached to an aromatic ring is 1. The minimum Gasteiger partial charge on any atom is -0.482 e. The lowest BCUT2D eigenvalue weighted by molar-refractivity contribution is -0.118. The minimum atomic E-state index is -0.519. The third kappa shape index (κ3) is 5.41. The van der Waals surface area contributed by atoms with Gasteiger partial charge < -0.3 is 21.1 Å². The number of carbonyl (C=O) groups excluding carboxylic acids is 3. The Morgan fingerprint density at radius 1 is 1.11 bits per heavy atom. The topological polar surface area (TPSA) is 127 Å². The van der Waals surface area contributed by atoms with Crippen molar-refractivity contribution in [2.75, 3.05) is 34.4 Å². The average molecular weight is 518 g/mol. The van der Waals surface area contributed by atoms with Crippen molar-refractivity contribution in [3.63, 3.8) is 0 Å². The maximum absolute atomic E-state index is 13.4. The van der Waals surface area contributed by atoms with Crippen molar-refractivity contribution in [2.45, 2.75) is 0 Å². The van der Waals surface area contributed by atoms with Crippen LogP contribution in [0.2, 0.25) is 0 Å². The van der Waals surface area contributed by atoms with Gasteiger partial charge in [-0.05, 0) is 54.6 Å². The average Bonchev–Trinajstić information content (AvgIpc) is 3.33. The molecule has 0 fully saturated rings. The lowest BCUT2D eigenvalue weighted by atomic mass is 10.1. The van der Waals surface area contributed by atoms with Gasteiger partial charge in [-0.2, -0.15) is 0 Å². The molecule has 186 valence electrons. The highest BCUT2D eigenvalue weighted by Gasteiger charge is 2.24. The molecule has 2 heterocycles. The molecule has 4 aromatic rings. The van der Waals surface area contributed by atoms with Crippen LogP contribution in [0.15, 0.2) is 72.1 Å². The van der Waals surface area contributed by atoms with E-state index in [-0.39, 0.29) is 24.6 Å². The standard InChI is InChI=1S/C26H20FN5O4S/c27-17-5-1-16(2-6-17)25(35)32(19-9-10-22-20(11-19)30-24(34)13-36-22)12-23(33)29-18-7-3-15(4-8-18)21-14-37-26(28)31-21/h1-11,14H,12-13H2,(H2,28,31)(H,29,33)(H,30,34). The van der Waals surface area contributed by atoms with Gasteiger partial charge in [0.05, 0.1) is 11.4 Å². The summed E-state index contributed by atoms with van der Waals surface area (Å²) in [7, 11) is 0. The molecule has 3 aromatic carbocycles. The molecule has 3 amide bonds. The van der Waals surface area contributed by atoms with E-state index in [0.29, 0.717) is 27.9 Å². The number of halogens is 1. The molecule has 37 heavy (non-hydrogen) atoms.